The van der Waals surface area contributed by atoms with E-state index in [1.807, 2.05) is 0 Å². The third kappa shape index (κ3) is 6.74. The zero-order valence-corrected chi connectivity index (χ0v) is 25.6. The van der Waals surface area contributed by atoms with Crippen LogP contribution in [0.15, 0.2) is 60.0 Å². The smallest absolute Gasteiger partial charge is 0.333 e. The highest BCUT2D eigenvalue weighted by Gasteiger charge is 2.74. The first-order chi connectivity index (χ1) is 20.6. The van der Waals surface area contributed by atoms with Crippen molar-refractivity contribution in [3.8, 4) is 0 Å². The van der Waals surface area contributed by atoms with Gasteiger partial charge in [-0.2, -0.15) is 0 Å². The van der Waals surface area contributed by atoms with Gasteiger partial charge >= 0.3 is 17.9 Å². The monoisotopic (exact) mass is 593 g/mol. The Balaban J connectivity index is 0.000000628. The molecule has 3 heterocycles. The van der Waals surface area contributed by atoms with Crippen molar-refractivity contribution in [1.29, 1.82) is 0 Å². The Hall–Kier alpha value is -3.79. The zero-order valence-electron chi connectivity index (χ0n) is 25.6. The number of carbonyl (C=O) groups excluding carboxylic acids is 4. The molecular weight excluding hydrogens is 550 g/mol. The van der Waals surface area contributed by atoms with E-state index in [-0.39, 0.29) is 18.2 Å². The number of allylic oxidation sites excluding steroid dienone is 3. The molecule has 1 saturated carbocycles. The van der Waals surface area contributed by atoms with Gasteiger partial charge in [0.1, 0.15) is 16.6 Å². The van der Waals surface area contributed by atoms with Crippen molar-refractivity contribution in [3.63, 3.8) is 0 Å². The van der Waals surface area contributed by atoms with E-state index in [0.717, 1.165) is 0 Å². The summed E-state index contributed by atoms with van der Waals surface area (Å²) >= 11 is 0. The van der Waals surface area contributed by atoms with Crippen LogP contribution in [0.4, 0.5) is 5.69 Å². The van der Waals surface area contributed by atoms with Gasteiger partial charge in [0.25, 0.3) is 5.91 Å². The van der Waals surface area contributed by atoms with Crippen LogP contribution in [0.25, 0.3) is 0 Å². The molecule has 3 fully saturated rings. The standard InChI is InChI=1S/C28H32N2O7.C5H11N/c1-18(23(32)30-21-10-16-29-17-11-21)6-5-12-26(3)22-9-14-27(25(34)37-26)13-7-20(24(33)35-4)8-15-28(22,27)36-19(2)31;1-2-4-6-5-3-1/h5-7,10-12,16-17,22H,8-9,13-15H2,1-4H3,(H,29,30,32);6H,1-5H2/b12-5+,18-6+;/t22-,26+,27+,28-;/m0./s1. The number of carbonyl (C=O) groups is 4. The molecule has 4 aliphatic rings. The van der Waals surface area contributed by atoms with Gasteiger partial charge < -0.3 is 24.8 Å². The van der Waals surface area contributed by atoms with Gasteiger partial charge in [-0.25, -0.2) is 4.79 Å². The maximum atomic E-state index is 13.6. The van der Waals surface area contributed by atoms with Gasteiger partial charge in [-0.05, 0) is 90.1 Å². The van der Waals surface area contributed by atoms with Crippen LogP contribution in [0, 0.1) is 11.3 Å². The van der Waals surface area contributed by atoms with Gasteiger partial charge in [-0.15, -0.1) is 0 Å². The number of cyclic esters (lactones) is 1. The van der Waals surface area contributed by atoms with Crippen molar-refractivity contribution in [2.24, 2.45) is 11.3 Å². The van der Waals surface area contributed by atoms with Crippen LogP contribution in [-0.2, 0) is 33.4 Å². The third-order valence-corrected chi connectivity index (χ3v) is 9.14. The van der Waals surface area contributed by atoms with Gasteiger partial charge in [0.2, 0.25) is 0 Å². The molecule has 1 amide bonds. The fourth-order valence-electron chi connectivity index (χ4n) is 6.92. The summed E-state index contributed by atoms with van der Waals surface area (Å²) in [6.45, 7) is 7.32. The van der Waals surface area contributed by atoms with Crippen molar-refractivity contribution < 1.29 is 33.4 Å². The fraction of sp³-hybridized carbons (Fsp3) is 0.545. The number of pyridine rings is 1. The van der Waals surface area contributed by atoms with Gasteiger partial charge in [0.15, 0.2) is 0 Å². The number of nitrogens with one attached hydrogen (secondary N) is 2. The van der Waals surface area contributed by atoms with Crippen molar-refractivity contribution >= 4 is 29.5 Å². The highest BCUT2D eigenvalue weighted by molar-refractivity contribution is 6.03. The Morgan fingerprint density at radius 3 is 2.44 bits per heavy atom. The van der Waals surface area contributed by atoms with Crippen LogP contribution in [-0.4, -0.2) is 60.2 Å². The molecule has 5 rings (SSSR count). The number of methoxy groups -OCH3 is 1. The van der Waals surface area contributed by atoms with Crippen LogP contribution in [0.2, 0.25) is 0 Å². The topological polar surface area (TPSA) is 133 Å². The number of rotatable bonds is 6. The number of nitrogens with zero attached hydrogens (tertiary/aromatic N) is 1. The second-order valence-electron chi connectivity index (χ2n) is 11.9. The van der Waals surface area contributed by atoms with Gasteiger partial charge in [0.05, 0.1) is 7.11 Å². The lowest BCUT2D eigenvalue weighted by atomic mass is 9.62. The Bertz CT molecular complexity index is 1290. The van der Waals surface area contributed by atoms with Crippen molar-refractivity contribution in [2.45, 2.75) is 83.3 Å². The molecule has 10 heteroatoms. The van der Waals surface area contributed by atoms with Gasteiger partial charge in [0, 0.05) is 42.1 Å². The zero-order chi connectivity index (χ0) is 31.1. The van der Waals surface area contributed by atoms with E-state index < -0.39 is 34.5 Å². The Labute approximate surface area is 253 Å². The van der Waals surface area contributed by atoms with E-state index in [4.69, 9.17) is 14.2 Å². The highest BCUT2D eigenvalue weighted by Crippen LogP contribution is 2.65. The Morgan fingerprint density at radius 1 is 1.12 bits per heavy atom. The summed E-state index contributed by atoms with van der Waals surface area (Å²) in [4.78, 5) is 54.7. The minimum absolute atomic E-state index is 0.230. The number of anilines is 1. The van der Waals surface area contributed by atoms with E-state index in [0.29, 0.717) is 42.5 Å². The first kappa shape index (κ1) is 32.1. The van der Waals surface area contributed by atoms with E-state index in [1.54, 1.807) is 62.7 Å². The maximum absolute atomic E-state index is 13.6. The second-order valence-corrected chi connectivity index (χ2v) is 11.9. The number of aromatic nitrogens is 1. The summed E-state index contributed by atoms with van der Waals surface area (Å²) in [7, 11) is 1.32. The summed E-state index contributed by atoms with van der Waals surface area (Å²) in [6.07, 6.45) is 16.1. The molecule has 2 N–H and O–H groups in total. The SMILES string of the molecule is C1CCNCC1.COC(=O)C1=CC[C@@]23CC[C@@H]([C@@](C)(/C=C/C=C(\C)C(=O)Nc4ccncc4)OC2=O)[C@@]3(OC(C)=O)CC1. The third-order valence-electron chi connectivity index (χ3n) is 9.14. The molecule has 2 saturated heterocycles. The lowest BCUT2D eigenvalue weighted by molar-refractivity contribution is -0.235. The molecule has 0 spiro atoms. The average molecular weight is 594 g/mol. The predicted molar refractivity (Wildman–Crippen MR) is 161 cm³/mol. The summed E-state index contributed by atoms with van der Waals surface area (Å²) in [6, 6.07) is 3.38. The van der Waals surface area contributed by atoms with E-state index in [9.17, 15) is 19.2 Å². The minimum atomic E-state index is -1.13. The largest absolute Gasteiger partial charge is 0.466 e. The van der Waals surface area contributed by atoms with Crippen LogP contribution in [0.5, 0.6) is 0 Å². The van der Waals surface area contributed by atoms with Crippen LogP contribution >= 0.6 is 0 Å². The first-order valence-corrected chi connectivity index (χ1v) is 15.1. The van der Waals surface area contributed by atoms with E-state index in [1.165, 1.54) is 46.4 Å². The molecule has 0 aromatic carbocycles. The Morgan fingerprint density at radius 2 is 1.84 bits per heavy atom. The van der Waals surface area contributed by atoms with Crippen molar-refractivity contribution in [3.05, 3.63) is 60.0 Å². The molecule has 43 heavy (non-hydrogen) atoms. The molecule has 2 bridgehead atoms. The molecule has 232 valence electrons. The van der Waals surface area contributed by atoms with E-state index >= 15 is 0 Å². The fourth-order valence-corrected chi connectivity index (χ4v) is 6.92. The average Bonchev–Trinajstić information content (AvgIpc) is 3.15. The van der Waals surface area contributed by atoms with Crippen LogP contribution in [0.1, 0.15) is 72.1 Å². The van der Waals surface area contributed by atoms with E-state index in [2.05, 4.69) is 15.6 Å². The molecule has 1 aromatic heterocycles. The molecular formula is C33H43N3O7. The number of hydrogen-bond acceptors (Lipinski definition) is 9. The second kappa shape index (κ2) is 13.7. The lowest BCUT2D eigenvalue weighted by Gasteiger charge is -2.54. The number of esters is 3. The number of hydrogen-bond donors (Lipinski definition) is 2. The molecule has 10 nitrogen and oxygen atoms in total. The van der Waals surface area contributed by atoms with Crippen LogP contribution < -0.4 is 10.6 Å². The molecule has 1 aromatic rings. The summed E-state index contributed by atoms with van der Waals surface area (Å²) in [5.74, 6) is -1.99. The Kier molecular flexibility index (Phi) is 10.2. The minimum Gasteiger partial charge on any atom is -0.466 e. The highest BCUT2D eigenvalue weighted by atomic mass is 16.6. The van der Waals surface area contributed by atoms with Gasteiger partial charge in [-0.3, -0.25) is 19.4 Å². The molecule has 0 unspecified atom stereocenters. The molecule has 4 atom stereocenters. The summed E-state index contributed by atoms with van der Waals surface area (Å²) in [5.41, 5.74) is -1.73. The maximum Gasteiger partial charge on any atom is 0.333 e. The lowest BCUT2D eigenvalue weighted by Crippen LogP contribution is -2.65. The quantitative estimate of drug-likeness (QED) is 0.210. The van der Waals surface area contributed by atoms with Gasteiger partial charge in [-0.1, -0.05) is 24.6 Å². The van der Waals surface area contributed by atoms with Crippen LogP contribution in [0.3, 0.4) is 0 Å². The number of ether oxygens (including phenoxy) is 3. The summed E-state index contributed by atoms with van der Waals surface area (Å²) < 4.78 is 17.0. The summed E-state index contributed by atoms with van der Waals surface area (Å²) in [5, 5.41) is 6.08. The number of piperidine rings is 1. The predicted octanol–water partition coefficient (Wildman–Crippen LogP) is 4.58. The number of amides is 1. The first-order valence-electron chi connectivity index (χ1n) is 15.1. The molecule has 2 aliphatic heterocycles. The molecule has 2 aliphatic carbocycles. The van der Waals surface area contributed by atoms with Crippen molar-refractivity contribution in [2.75, 3.05) is 25.5 Å². The van der Waals surface area contributed by atoms with Crippen molar-refractivity contribution in [1.82, 2.24) is 10.3 Å². The molecule has 0 radical (unpaired) electrons. The normalized spacial score (nSPS) is 30.0.